The van der Waals surface area contributed by atoms with E-state index in [-0.39, 0.29) is 17.5 Å². The molecule has 1 amide bonds. The third kappa shape index (κ3) is 4.68. The molecular weight excluding hydrogens is 370 g/mol. The van der Waals surface area contributed by atoms with E-state index in [9.17, 15) is 9.90 Å². The van der Waals surface area contributed by atoms with Crippen LogP contribution in [-0.4, -0.2) is 34.0 Å². The van der Waals surface area contributed by atoms with Gasteiger partial charge in [0.1, 0.15) is 0 Å². The van der Waals surface area contributed by atoms with Crippen LogP contribution in [0.1, 0.15) is 42.9 Å². The van der Waals surface area contributed by atoms with Gasteiger partial charge in [0, 0.05) is 0 Å². The minimum Gasteiger partial charge on any atom is -0.504 e. The van der Waals surface area contributed by atoms with E-state index in [0.717, 1.165) is 11.3 Å². The van der Waals surface area contributed by atoms with Gasteiger partial charge in [0.25, 0.3) is 5.91 Å². The maximum atomic E-state index is 12.7. The van der Waals surface area contributed by atoms with E-state index in [1.54, 1.807) is 0 Å². The van der Waals surface area contributed by atoms with Crippen molar-refractivity contribution in [3.8, 4) is 22.9 Å². The topological polar surface area (TPSA) is 85.6 Å². The van der Waals surface area contributed by atoms with Gasteiger partial charge in [-0.2, -0.15) is 5.10 Å². The van der Waals surface area contributed by atoms with Gasteiger partial charge in [0.15, 0.2) is 22.9 Å². The second-order valence-electron chi connectivity index (χ2n) is 6.41. The molecule has 7 heteroatoms. The van der Waals surface area contributed by atoms with Crippen LogP contribution >= 0.6 is 0 Å². The molecule has 29 heavy (non-hydrogen) atoms. The Labute approximate surface area is 169 Å². The average Bonchev–Trinajstić information content (AvgIpc) is 3.12. The van der Waals surface area contributed by atoms with Crippen LogP contribution in [0.4, 0.5) is 0 Å². The van der Waals surface area contributed by atoms with Gasteiger partial charge in [-0.25, -0.2) is 4.68 Å². The number of carbonyl (C=O) groups is 1. The van der Waals surface area contributed by atoms with E-state index in [2.05, 4.69) is 10.4 Å². The van der Waals surface area contributed by atoms with E-state index in [1.807, 2.05) is 69.3 Å². The van der Waals surface area contributed by atoms with Crippen molar-refractivity contribution in [1.29, 1.82) is 0 Å². The van der Waals surface area contributed by atoms with Crippen molar-refractivity contribution < 1.29 is 19.4 Å². The van der Waals surface area contributed by atoms with Crippen LogP contribution < -0.4 is 14.8 Å². The number of aromatic hydroxyl groups is 1. The highest BCUT2D eigenvalue weighted by molar-refractivity contribution is 5.95. The summed E-state index contributed by atoms with van der Waals surface area (Å²) in [7, 11) is 0. The number of hydrogen-bond acceptors (Lipinski definition) is 5. The fraction of sp³-hybridized carbons (Fsp3) is 0.273. The number of benzene rings is 2. The highest BCUT2D eigenvalue weighted by atomic mass is 16.5. The van der Waals surface area contributed by atoms with E-state index in [4.69, 9.17) is 9.47 Å². The van der Waals surface area contributed by atoms with Gasteiger partial charge < -0.3 is 19.9 Å². The van der Waals surface area contributed by atoms with E-state index >= 15 is 0 Å². The molecule has 1 atom stereocenters. The van der Waals surface area contributed by atoms with Gasteiger partial charge in [0.05, 0.1) is 31.1 Å². The van der Waals surface area contributed by atoms with Crippen LogP contribution in [0.25, 0.3) is 5.69 Å². The second-order valence-corrected chi connectivity index (χ2v) is 6.41. The molecule has 0 saturated heterocycles. The van der Waals surface area contributed by atoms with E-state index < -0.39 is 5.91 Å². The Morgan fingerprint density at radius 2 is 1.79 bits per heavy atom. The minimum atomic E-state index is -0.462. The van der Waals surface area contributed by atoms with E-state index in [1.165, 1.54) is 10.9 Å². The first-order chi connectivity index (χ1) is 14.0. The number of nitrogens with one attached hydrogen (secondary N) is 1. The average molecular weight is 395 g/mol. The number of ether oxygens (including phenoxy) is 2. The number of carbonyl (C=O) groups excluding carboxylic acids is 1. The molecule has 0 saturated carbocycles. The summed E-state index contributed by atoms with van der Waals surface area (Å²) in [6, 6.07) is 14.5. The molecule has 7 nitrogen and oxygen atoms in total. The van der Waals surface area contributed by atoms with Crippen LogP contribution in [0.15, 0.2) is 54.7 Å². The van der Waals surface area contributed by atoms with Crippen molar-refractivity contribution in [2.24, 2.45) is 0 Å². The van der Waals surface area contributed by atoms with Crippen LogP contribution in [0.2, 0.25) is 0 Å². The highest BCUT2D eigenvalue weighted by Gasteiger charge is 2.20. The maximum absolute atomic E-state index is 12.7. The van der Waals surface area contributed by atoms with Gasteiger partial charge in [-0.3, -0.25) is 4.79 Å². The van der Waals surface area contributed by atoms with Gasteiger partial charge in [-0.15, -0.1) is 0 Å². The van der Waals surface area contributed by atoms with Crippen molar-refractivity contribution in [1.82, 2.24) is 15.1 Å². The number of hydrogen-bond donors (Lipinski definition) is 2. The summed E-state index contributed by atoms with van der Waals surface area (Å²) in [5.41, 5.74) is 1.58. The van der Waals surface area contributed by atoms with Crippen molar-refractivity contribution in [2.45, 2.75) is 26.8 Å². The smallest absolute Gasteiger partial charge is 0.276 e. The minimum absolute atomic E-state index is 0.0309. The Hall–Kier alpha value is -3.48. The molecule has 0 aliphatic rings. The number of para-hydroxylation sites is 1. The number of nitrogens with zero attached hydrogens (tertiary/aromatic N) is 2. The molecule has 2 N–H and O–H groups in total. The molecule has 0 radical (unpaired) electrons. The first-order valence-electron chi connectivity index (χ1n) is 9.58. The zero-order chi connectivity index (χ0) is 20.8. The number of aromatic nitrogens is 2. The Bertz CT molecular complexity index is 969. The predicted octanol–water partition coefficient (Wildman–Crippen LogP) is 3.87. The van der Waals surface area contributed by atoms with Gasteiger partial charge in [0.2, 0.25) is 0 Å². The summed E-state index contributed by atoms with van der Waals surface area (Å²) in [6.45, 7) is 6.71. The Kier molecular flexibility index (Phi) is 6.39. The molecule has 3 aromatic rings. The molecule has 1 unspecified atom stereocenters. The summed E-state index contributed by atoms with van der Waals surface area (Å²) in [5, 5.41) is 17.3. The Balaban J connectivity index is 1.77. The maximum Gasteiger partial charge on any atom is 0.276 e. The molecule has 2 aromatic carbocycles. The lowest BCUT2D eigenvalue weighted by molar-refractivity contribution is 0.0931. The van der Waals surface area contributed by atoms with Crippen molar-refractivity contribution in [3.05, 3.63) is 66.0 Å². The van der Waals surface area contributed by atoms with Gasteiger partial charge in [-0.1, -0.05) is 24.3 Å². The monoisotopic (exact) mass is 395 g/mol. The van der Waals surface area contributed by atoms with Crippen molar-refractivity contribution in [2.75, 3.05) is 13.2 Å². The van der Waals surface area contributed by atoms with Crippen molar-refractivity contribution in [3.63, 3.8) is 0 Å². The number of rotatable bonds is 8. The largest absolute Gasteiger partial charge is 0.504 e. The van der Waals surface area contributed by atoms with Crippen LogP contribution in [0.3, 0.4) is 0 Å². The zero-order valence-electron chi connectivity index (χ0n) is 16.8. The molecule has 0 aliphatic heterocycles. The van der Waals surface area contributed by atoms with Crippen LogP contribution in [0, 0.1) is 0 Å². The standard InChI is InChI=1S/C22H25N3O4/c1-4-28-19-12-11-16(13-20(19)29-5-2)15(3)23-22(27)21-18(26)14-25(24-21)17-9-7-6-8-10-17/h6-15,26H,4-5H2,1-3H3,(H,23,27). The second kappa shape index (κ2) is 9.14. The molecule has 0 bridgehead atoms. The SMILES string of the molecule is CCOc1ccc(C(C)NC(=O)c2nn(-c3ccccc3)cc2O)cc1OCC. The third-order valence-corrected chi connectivity index (χ3v) is 4.35. The summed E-state index contributed by atoms with van der Waals surface area (Å²) in [4.78, 5) is 12.7. The first-order valence-corrected chi connectivity index (χ1v) is 9.58. The summed E-state index contributed by atoms with van der Waals surface area (Å²) < 4.78 is 12.7. The van der Waals surface area contributed by atoms with E-state index in [0.29, 0.717) is 24.7 Å². The summed E-state index contributed by atoms with van der Waals surface area (Å²) >= 11 is 0. The lowest BCUT2D eigenvalue weighted by Gasteiger charge is -2.17. The Morgan fingerprint density at radius 1 is 1.10 bits per heavy atom. The lowest BCUT2D eigenvalue weighted by Crippen LogP contribution is -2.27. The normalized spacial score (nSPS) is 11.7. The number of amides is 1. The fourth-order valence-corrected chi connectivity index (χ4v) is 2.92. The molecule has 0 spiro atoms. The predicted molar refractivity (Wildman–Crippen MR) is 110 cm³/mol. The zero-order valence-corrected chi connectivity index (χ0v) is 16.8. The fourth-order valence-electron chi connectivity index (χ4n) is 2.92. The summed E-state index contributed by atoms with van der Waals surface area (Å²) in [5.74, 6) is 0.650. The molecule has 3 rings (SSSR count). The molecule has 152 valence electrons. The molecular formula is C22H25N3O4. The van der Waals surface area contributed by atoms with Crippen molar-refractivity contribution >= 4 is 5.91 Å². The van der Waals surface area contributed by atoms with Gasteiger partial charge >= 0.3 is 0 Å². The van der Waals surface area contributed by atoms with Crippen LogP contribution in [0.5, 0.6) is 17.2 Å². The molecule has 1 aromatic heterocycles. The molecule has 0 fully saturated rings. The lowest BCUT2D eigenvalue weighted by atomic mass is 10.1. The summed E-state index contributed by atoms with van der Waals surface area (Å²) in [6.07, 6.45) is 1.42. The van der Waals surface area contributed by atoms with Crippen LogP contribution in [-0.2, 0) is 0 Å². The van der Waals surface area contributed by atoms with Gasteiger partial charge in [-0.05, 0) is 50.6 Å². The first kappa shape index (κ1) is 20.3. The molecule has 0 aliphatic carbocycles. The Morgan fingerprint density at radius 3 is 2.48 bits per heavy atom. The quantitative estimate of drug-likeness (QED) is 0.605. The molecule has 1 heterocycles. The third-order valence-electron chi connectivity index (χ3n) is 4.35. The highest BCUT2D eigenvalue weighted by Crippen LogP contribution is 2.31.